The topological polar surface area (TPSA) is 89.6 Å². The van der Waals surface area contributed by atoms with E-state index in [1.807, 2.05) is 0 Å². The molecule has 0 aliphatic rings. The highest BCUT2D eigenvalue weighted by atomic mass is 16.6. The lowest BCUT2D eigenvalue weighted by atomic mass is 9.86. The number of rotatable bonds is 4. The molecule has 94 valence electrons. The molecule has 0 radical (unpaired) electrons. The van der Waals surface area contributed by atoms with Crippen LogP contribution >= 0.6 is 0 Å². The summed E-state index contributed by atoms with van der Waals surface area (Å²) in [5.41, 5.74) is 3.92. The van der Waals surface area contributed by atoms with Crippen molar-refractivity contribution in [1.82, 2.24) is 0 Å². The zero-order valence-corrected chi connectivity index (χ0v) is 10.5. The summed E-state index contributed by atoms with van der Waals surface area (Å²) in [7, 11) is 0. The van der Waals surface area contributed by atoms with Crippen LogP contribution in [0.3, 0.4) is 0 Å². The van der Waals surface area contributed by atoms with Gasteiger partial charge in [0.15, 0.2) is 0 Å². The van der Waals surface area contributed by atoms with E-state index in [0.29, 0.717) is 0 Å². The maximum Gasteiger partial charge on any atom is 0.320 e. The van der Waals surface area contributed by atoms with Gasteiger partial charge in [0.05, 0.1) is 5.41 Å². The molecule has 5 heteroatoms. The van der Waals surface area contributed by atoms with Gasteiger partial charge in [-0.2, -0.15) is 0 Å². The Bertz CT molecular complexity index is 278. The van der Waals surface area contributed by atoms with Gasteiger partial charge < -0.3 is 15.6 Å². The monoisotopic (exact) mass is 231 g/mol. The van der Waals surface area contributed by atoms with Crippen LogP contribution in [0, 0.1) is 5.41 Å². The van der Waals surface area contributed by atoms with Gasteiger partial charge in [0.2, 0.25) is 0 Å². The molecule has 0 fully saturated rings. The molecule has 0 aromatic rings. The Labute approximate surface area is 96.0 Å². The number of carboxylic acids is 1. The Morgan fingerprint density at radius 1 is 1.25 bits per heavy atom. The molecule has 0 aromatic heterocycles. The van der Waals surface area contributed by atoms with Gasteiger partial charge in [-0.15, -0.1) is 0 Å². The number of carbonyl (C=O) groups excluding carboxylic acids is 1. The van der Waals surface area contributed by atoms with Crippen molar-refractivity contribution in [2.45, 2.75) is 52.7 Å². The van der Waals surface area contributed by atoms with Gasteiger partial charge in [0.1, 0.15) is 11.6 Å². The van der Waals surface area contributed by atoms with Crippen molar-refractivity contribution in [3.63, 3.8) is 0 Å². The lowest BCUT2D eigenvalue weighted by molar-refractivity contribution is -0.166. The summed E-state index contributed by atoms with van der Waals surface area (Å²) >= 11 is 0. The molecule has 0 bridgehead atoms. The third-order valence-corrected chi connectivity index (χ3v) is 2.00. The van der Waals surface area contributed by atoms with Crippen LogP contribution in [0.1, 0.15) is 41.0 Å². The first-order valence-electron chi connectivity index (χ1n) is 5.17. The third-order valence-electron chi connectivity index (χ3n) is 2.00. The molecular weight excluding hydrogens is 210 g/mol. The van der Waals surface area contributed by atoms with E-state index in [1.165, 1.54) is 0 Å². The number of hydrogen-bond donors (Lipinski definition) is 2. The molecule has 0 saturated carbocycles. The molecule has 1 atom stereocenters. The molecule has 0 aliphatic carbocycles. The molecule has 0 aromatic carbocycles. The summed E-state index contributed by atoms with van der Waals surface area (Å²) in [6, 6.07) is -1.05. The van der Waals surface area contributed by atoms with Crippen molar-refractivity contribution in [3.05, 3.63) is 0 Å². The highest BCUT2D eigenvalue weighted by molar-refractivity contribution is 5.79. The summed E-state index contributed by atoms with van der Waals surface area (Å²) in [4.78, 5) is 22.4. The lowest BCUT2D eigenvalue weighted by Crippen LogP contribution is -2.41. The Kier molecular flexibility index (Phi) is 4.49. The predicted octanol–water partition coefficient (Wildman–Crippen LogP) is 1.16. The smallest absolute Gasteiger partial charge is 0.320 e. The average molecular weight is 231 g/mol. The van der Waals surface area contributed by atoms with E-state index in [2.05, 4.69) is 0 Å². The molecule has 5 nitrogen and oxygen atoms in total. The van der Waals surface area contributed by atoms with Crippen molar-refractivity contribution in [1.29, 1.82) is 0 Å². The van der Waals surface area contributed by atoms with E-state index >= 15 is 0 Å². The van der Waals surface area contributed by atoms with Crippen LogP contribution < -0.4 is 5.73 Å². The molecule has 0 aliphatic heterocycles. The fraction of sp³-hybridized carbons (Fsp3) is 0.818. The average Bonchev–Trinajstić information content (AvgIpc) is 1.99. The summed E-state index contributed by atoms with van der Waals surface area (Å²) < 4.78 is 5.20. The van der Waals surface area contributed by atoms with Crippen LogP contribution in [-0.2, 0) is 14.3 Å². The molecule has 0 heterocycles. The number of carboxylic acid groups (broad SMARTS) is 1. The van der Waals surface area contributed by atoms with Crippen LogP contribution in [0.4, 0.5) is 0 Å². The molecule has 0 rings (SSSR count). The summed E-state index contributed by atoms with van der Waals surface area (Å²) in [5.74, 6) is -1.55. The fourth-order valence-corrected chi connectivity index (χ4v) is 1.14. The number of esters is 1. The van der Waals surface area contributed by atoms with Crippen LogP contribution in [0.15, 0.2) is 0 Å². The Balaban J connectivity index is 4.54. The first kappa shape index (κ1) is 14.9. The second kappa shape index (κ2) is 4.82. The third kappa shape index (κ3) is 5.11. The molecule has 3 N–H and O–H groups in total. The standard InChI is InChI=1S/C11H21NO4/c1-10(2,3)16-9(15)11(4,5)6-7(12)8(13)14/h7H,6,12H2,1-5H3,(H,13,14)/t7-/m0/s1. The van der Waals surface area contributed by atoms with E-state index < -0.39 is 29.0 Å². The highest BCUT2D eigenvalue weighted by Crippen LogP contribution is 2.26. The van der Waals surface area contributed by atoms with Crippen molar-refractivity contribution >= 4 is 11.9 Å². The van der Waals surface area contributed by atoms with Gasteiger partial charge in [-0.05, 0) is 41.0 Å². The van der Waals surface area contributed by atoms with Crippen LogP contribution in [0.5, 0.6) is 0 Å². The van der Waals surface area contributed by atoms with Crippen molar-refractivity contribution in [2.24, 2.45) is 11.1 Å². The Hall–Kier alpha value is -1.10. The van der Waals surface area contributed by atoms with E-state index in [1.54, 1.807) is 34.6 Å². The maximum absolute atomic E-state index is 11.8. The van der Waals surface area contributed by atoms with E-state index in [9.17, 15) is 9.59 Å². The molecule has 0 amide bonds. The van der Waals surface area contributed by atoms with E-state index in [4.69, 9.17) is 15.6 Å². The fourth-order valence-electron chi connectivity index (χ4n) is 1.14. The van der Waals surface area contributed by atoms with Crippen molar-refractivity contribution < 1.29 is 19.4 Å². The number of carbonyl (C=O) groups is 2. The molecular formula is C11H21NO4. The van der Waals surface area contributed by atoms with Crippen molar-refractivity contribution in [2.75, 3.05) is 0 Å². The van der Waals surface area contributed by atoms with Gasteiger partial charge in [-0.3, -0.25) is 9.59 Å². The SMILES string of the molecule is CC(C)(C)OC(=O)C(C)(C)C[C@H](N)C(=O)O. The van der Waals surface area contributed by atoms with Crippen LogP contribution in [0.2, 0.25) is 0 Å². The summed E-state index contributed by atoms with van der Waals surface area (Å²) in [6.07, 6.45) is 0.0528. The second-order valence-corrected chi connectivity index (χ2v) is 5.53. The lowest BCUT2D eigenvalue weighted by Gasteiger charge is -2.29. The Morgan fingerprint density at radius 2 is 1.69 bits per heavy atom. The van der Waals surface area contributed by atoms with Gasteiger partial charge in [-0.25, -0.2) is 0 Å². The largest absolute Gasteiger partial charge is 0.480 e. The zero-order chi connectivity index (χ0) is 13.1. The van der Waals surface area contributed by atoms with Gasteiger partial charge in [0.25, 0.3) is 0 Å². The van der Waals surface area contributed by atoms with Crippen LogP contribution in [-0.4, -0.2) is 28.7 Å². The number of hydrogen-bond acceptors (Lipinski definition) is 4. The maximum atomic E-state index is 11.8. The number of nitrogens with two attached hydrogens (primary N) is 1. The molecule has 0 saturated heterocycles. The number of ether oxygens (including phenoxy) is 1. The number of aliphatic carboxylic acids is 1. The summed E-state index contributed by atoms with van der Waals surface area (Å²) in [6.45, 7) is 8.54. The minimum atomic E-state index is -1.11. The van der Waals surface area contributed by atoms with Gasteiger partial charge >= 0.3 is 11.9 Å². The van der Waals surface area contributed by atoms with E-state index in [0.717, 1.165) is 0 Å². The quantitative estimate of drug-likeness (QED) is 0.708. The summed E-state index contributed by atoms with van der Waals surface area (Å²) in [5, 5.41) is 8.68. The van der Waals surface area contributed by atoms with E-state index in [-0.39, 0.29) is 6.42 Å². The molecule has 16 heavy (non-hydrogen) atoms. The minimum Gasteiger partial charge on any atom is -0.480 e. The highest BCUT2D eigenvalue weighted by Gasteiger charge is 2.35. The molecule has 0 spiro atoms. The van der Waals surface area contributed by atoms with Gasteiger partial charge in [0, 0.05) is 0 Å². The normalized spacial score (nSPS) is 14.4. The first-order valence-corrected chi connectivity index (χ1v) is 5.17. The van der Waals surface area contributed by atoms with Gasteiger partial charge in [-0.1, -0.05) is 0 Å². The predicted molar refractivity (Wildman–Crippen MR) is 59.9 cm³/mol. The van der Waals surface area contributed by atoms with Crippen LogP contribution in [0.25, 0.3) is 0 Å². The van der Waals surface area contributed by atoms with Crippen molar-refractivity contribution in [3.8, 4) is 0 Å². The second-order valence-electron chi connectivity index (χ2n) is 5.53. The first-order chi connectivity index (χ1) is 6.96. The minimum absolute atomic E-state index is 0.0528. The molecule has 0 unspecified atom stereocenters. The Morgan fingerprint density at radius 3 is 2.00 bits per heavy atom. The zero-order valence-electron chi connectivity index (χ0n) is 10.5.